The minimum atomic E-state index is 0.501. The summed E-state index contributed by atoms with van der Waals surface area (Å²) in [5, 5.41) is 3.87. The third kappa shape index (κ3) is 3.24. The Morgan fingerprint density at radius 2 is 2.19 bits per heavy atom. The van der Waals surface area contributed by atoms with Crippen LogP contribution in [-0.2, 0) is 18.0 Å². The molecule has 0 saturated heterocycles. The van der Waals surface area contributed by atoms with E-state index in [9.17, 15) is 0 Å². The zero-order valence-electron chi connectivity index (χ0n) is 8.86. The number of oxime groups is 1. The van der Waals surface area contributed by atoms with Gasteiger partial charge in [-0.3, -0.25) is 0 Å². The van der Waals surface area contributed by atoms with Crippen molar-refractivity contribution >= 4 is 6.21 Å². The molecule has 1 aromatic carbocycles. The molecule has 2 aromatic rings. The van der Waals surface area contributed by atoms with Crippen molar-refractivity contribution in [3.8, 4) is 0 Å². The van der Waals surface area contributed by atoms with Gasteiger partial charge in [-0.2, -0.15) is 0 Å². The first-order chi connectivity index (χ1) is 7.95. The largest absolute Gasteiger partial charge is 0.391 e. The van der Waals surface area contributed by atoms with Gasteiger partial charge in [-0.25, -0.2) is 4.98 Å². The molecular formula is C12H13N3O. The summed E-state index contributed by atoms with van der Waals surface area (Å²) in [6, 6.07) is 9.95. The van der Waals surface area contributed by atoms with E-state index in [0.29, 0.717) is 13.2 Å². The molecule has 0 aliphatic heterocycles. The van der Waals surface area contributed by atoms with E-state index in [1.807, 2.05) is 41.1 Å². The van der Waals surface area contributed by atoms with E-state index in [4.69, 9.17) is 4.84 Å². The molecule has 0 N–H and O–H groups in total. The molecule has 0 fully saturated rings. The van der Waals surface area contributed by atoms with E-state index in [0.717, 1.165) is 5.56 Å². The standard InChI is InChI=1S/C12H13N3O/c1-2-4-12(5-3-1)10-16-14-7-9-15-8-6-13-11-15/h1-8,11H,9-10H2. The first-order valence-electron chi connectivity index (χ1n) is 5.08. The van der Waals surface area contributed by atoms with Gasteiger partial charge >= 0.3 is 0 Å². The Balaban J connectivity index is 1.70. The van der Waals surface area contributed by atoms with Crippen molar-refractivity contribution in [3.63, 3.8) is 0 Å². The number of nitrogens with zero attached hydrogens (tertiary/aromatic N) is 3. The fraction of sp³-hybridized carbons (Fsp3) is 0.167. The molecule has 0 saturated carbocycles. The average molecular weight is 215 g/mol. The van der Waals surface area contributed by atoms with Crippen molar-refractivity contribution < 1.29 is 4.84 Å². The fourth-order valence-electron chi connectivity index (χ4n) is 1.26. The van der Waals surface area contributed by atoms with E-state index in [2.05, 4.69) is 10.1 Å². The molecule has 4 heteroatoms. The van der Waals surface area contributed by atoms with Gasteiger partial charge in [-0.1, -0.05) is 35.5 Å². The van der Waals surface area contributed by atoms with Crippen molar-refractivity contribution in [3.05, 3.63) is 54.6 Å². The van der Waals surface area contributed by atoms with E-state index in [1.54, 1.807) is 18.7 Å². The summed E-state index contributed by atoms with van der Waals surface area (Å²) in [7, 11) is 0. The summed E-state index contributed by atoms with van der Waals surface area (Å²) >= 11 is 0. The second kappa shape index (κ2) is 5.70. The van der Waals surface area contributed by atoms with E-state index >= 15 is 0 Å². The summed E-state index contributed by atoms with van der Waals surface area (Å²) in [4.78, 5) is 9.08. The van der Waals surface area contributed by atoms with Crippen LogP contribution >= 0.6 is 0 Å². The SMILES string of the molecule is C(Cn1ccnc1)=NOCc1ccccc1. The Morgan fingerprint density at radius 3 is 2.94 bits per heavy atom. The minimum absolute atomic E-state index is 0.501. The van der Waals surface area contributed by atoms with Gasteiger partial charge in [0.15, 0.2) is 0 Å². The Kier molecular flexibility index (Phi) is 3.71. The smallest absolute Gasteiger partial charge is 0.142 e. The van der Waals surface area contributed by atoms with Gasteiger partial charge in [0.2, 0.25) is 0 Å². The van der Waals surface area contributed by atoms with Crippen LogP contribution < -0.4 is 0 Å². The predicted molar refractivity (Wildman–Crippen MR) is 62.0 cm³/mol. The zero-order chi connectivity index (χ0) is 11.1. The second-order valence-corrected chi connectivity index (χ2v) is 3.31. The van der Waals surface area contributed by atoms with Crippen LogP contribution in [0.4, 0.5) is 0 Å². The number of aromatic nitrogens is 2. The van der Waals surface area contributed by atoms with Crippen molar-refractivity contribution in [2.24, 2.45) is 5.16 Å². The first kappa shape index (κ1) is 10.4. The molecule has 0 bridgehead atoms. The first-order valence-corrected chi connectivity index (χ1v) is 5.08. The van der Waals surface area contributed by atoms with Crippen LogP contribution in [0.5, 0.6) is 0 Å². The van der Waals surface area contributed by atoms with Crippen LogP contribution in [-0.4, -0.2) is 15.8 Å². The maximum Gasteiger partial charge on any atom is 0.142 e. The van der Waals surface area contributed by atoms with Gasteiger partial charge in [0.1, 0.15) is 6.61 Å². The maximum atomic E-state index is 5.15. The zero-order valence-corrected chi connectivity index (χ0v) is 8.86. The molecule has 0 aliphatic rings. The van der Waals surface area contributed by atoms with Crippen LogP contribution in [0.1, 0.15) is 5.56 Å². The highest BCUT2D eigenvalue weighted by Gasteiger charge is 1.89. The van der Waals surface area contributed by atoms with Gasteiger partial charge in [0.05, 0.1) is 19.1 Å². The Hall–Kier alpha value is -2.10. The number of rotatable bonds is 5. The predicted octanol–water partition coefficient (Wildman–Crippen LogP) is 2.09. The van der Waals surface area contributed by atoms with Crippen LogP contribution in [0, 0.1) is 0 Å². The lowest BCUT2D eigenvalue weighted by Crippen LogP contribution is -1.95. The molecular weight excluding hydrogens is 202 g/mol. The van der Waals surface area contributed by atoms with E-state index in [1.165, 1.54) is 0 Å². The molecule has 0 unspecified atom stereocenters. The number of hydrogen-bond acceptors (Lipinski definition) is 3. The highest BCUT2D eigenvalue weighted by molar-refractivity contribution is 5.55. The van der Waals surface area contributed by atoms with Crippen LogP contribution in [0.25, 0.3) is 0 Å². The molecule has 0 amide bonds. The van der Waals surface area contributed by atoms with Crippen LogP contribution in [0.15, 0.2) is 54.2 Å². The summed E-state index contributed by atoms with van der Waals surface area (Å²) < 4.78 is 1.91. The number of hydrogen-bond donors (Lipinski definition) is 0. The van der Waals surface area contributed by atoms with Gasteiger partial charge in [0.25, 0.3) is 0 Å². The lowest BCUT2D eigenvalue weighted by molar-refractivity contribution is 0.131. The summed E-state index contributed by atoms with van der Waals surface area (Å²) in [6.45, 7) is 1.18. The maximum absolute atomic E-state index is 5.15. The highest BCUT2D eigenvalue weighted by Crippen LogP contribution is 2.00. The second-order valence-electron chi connectivity index (χ2n) is 3.31. The van der Waals surface area contributed by atoms with Crippen LogP contribution in [0.3, 0.4) is 0 Å². The number of benzene rings is 1. The monoisotopic (exact) mass is 215 g/mol. The Morgan fingerprint density at radius 1 is 1.31 bits per heavy atom. The van der Waals surface area contributed by atoms with E-state index in [-0.39, 0.29) is 0 Å². The Labute approximate surface area is 94.2 Å². The average Bonchev–Trinajstić information content (AvgIpc) is 2.83. The summed E-state index contributed by atoms with van der Waals surface area (Å²) in [6.07, 6.45) is 7.07. The molecule has 4 nitrogen and oxygen atoms in total. The molecule has 82 valence electrons. The minimum Gasteiger partial charge on any atom is -0.391 e. The van der Waals surface area contributed by atoms with Crippen LogP contribution in [0.2, 0.25) is 0 Å². The molecule has 1 aromatic heterocycles. The topological polar surface area (TPSA) is 39.4 Å². The third-order valence-corrected chi connectivity index (χ3v) is 2.07. The Bertz CT molecular complexity index is 423. The lowest BCUT2D eigenvalue weighted by atomic mass is 10.2. The molecule has 0 aliphatic carbocycles. The molecule has 1 heterocycles. The van der Waals surface area contributed by atoms with Gasteiger partial charge in [-0.05, 0) is 5.56 Å². The van der Waals surface area contributed by atoms with E-state index < -0.39 is 0 Å². The molecule has 0 spiro atoms. The molecule has 0 radical (unpaired) electrons. The molecule has 2 rings (SSSR count). The van der Waals surface area contributed by atoms with Crippen molar-refractivity contribution in [2.75, 3.05) is 0 Å². The summed E-state index contributed by atoms with van der Waals surface area (Å²) in [5.74, 6) is 0. The van der Waals surface area contributed by atoms with Crippen molar-refractivity contribution in [1.82, 2.24) is 9.55 Å². The van der Waals surface area contributed by atoms with Gasteiger partial charge < -0.3 is 9.40 Å². The summed E-state index contributed by atoms with van der Waals surface area (Å²) in [5.41, 5.74) is 1.11. The normalized spacial score (nSPS) is 10.8. The molecule has 16 heavy (non-hydrogen) atoms. The van der Waals surface area contributed by atoms with Crippen molar-refractivity contribution in [1.29, 1.82) is 0 Å². The number of imidazole rings is 1. The fourth-order valence-corrected chi connectivity index (χ4v) is 1.26. The highest BCUT2D eigenvalue weighted by atomic mass is 16.6. The lowest BCUT2D eigenvalue weighted by Gasteiger charge is -1.98. The van der Waals surface area contributed by atoms with Gasteiger partial charge in [-0.15, -0.1) is 0 Å². The third-order valence-electron chi connectivity index (χ3n) is 2.07. The van der Waals surface area contributed by atoms with Gasteiger partial charge in [0, 0.05) is 12.4 Å². The molecule has 0 atom stereocenters. The van der Waals surface area contributed by atoms with Crippen molar-refractivity contribution in [2.45, 2.75) is 13.2 Å². The quantitative estimate of drug-likeness (QED) is 0.566.